The van der Waals surface area contributed by atoms with Gasteiger partial charge in [0.2, 0.25) is 0 Å². The summed E-state index contributed by atoms with van der Waals surface area (Å²) in [6, 6.07) is 24.3. The summed E-state index contributed by atoms with van der Waals surface area (Å²) in [7, 11) is 0. The predicted octanol–water partition coefficient (Wildman–Crippen LogP) is 9.18. The van der Waals surface area contributed by atoms with Crippen molar-refractivity contribution in [2.75, 3.05) is 5.32 Å². The minimum absolute atomic E-state index is 0.0163. The zero-order chi connectivity index (χ0) is 33.0. The van der Waals surface area contributed by atoms with Crippen molar-refractivity contribution in [3.8, 4) is 22.4 Å². The van der Waals surface area contributed by atoms with Gasteiger partial charge in [-0.1, -0.05) is 63.2 Å². The molecule has 3 aromatic carbocycles. The van der Waals surface area contributed by atoms with Gasteiger partial charge in [0.15, 0.2) is 5.79 Å². The molecule has 0 bridgehead atoms. The first-order chi connectivity index (χ1) is 22.0. The number of hydrogen-bond donors (Lipinski definition) is 1. The van der Waals surface area contributed by atoms with Crippen LogP contribution in [-0.2, 0) is 27.2 Å². The van der Waals surface area contributed by atoms with Gasteiger partial charge >= 0.3 is 0 Å². The van der Waals surface area contributed by atoms with E-state index < -0.39 is 5.79 Å². The molecule has 1 N–H and O–H groups in total. The number of aromatic nitrogens is 1. The van der Waals surface area contributed by atoms with Gasteiger partial charge in [-0.2, -0.15) is 0 Å². The van der Waals surface area contributed by atoms with Crippen molar-refractivity contribution in [1.82, 2.24) is 4.57 Å². The number of hydrogen-bond acceptors (Lipinski definition) is 4. The van der Waals surface area contributed by atoms with E-state index in [1.54, 1.807) is 19.1 Å². The zero-order valence-electron chi connectivity index (χ0n) is 27.7. The highest BCUT2D eigenvalue weighted by atomic mass is 19.1. The Morgan fingerprint density at radius 3 is 2.20 bits per heavy atom. The Bertz CT molecular complexity index is 1660. The molecule has 5 rings (SSSR count). The van der Waals surface area contributed by atoms with Crippen LogP contribution in [0.1, 0.15) is 88.3 Å². The fraction of sp³-hybridized carbons (Fsp3) is 0.385. The first-order valence-corrected chi connectivity index (χ1v) is 16.3. The molecule has 0 saturated carbocycles. The van der Waals surface area contributed by atoms with Crippen LogP contribution in [0.25, 0.3) is 22.4 Å². The van der Waals surface area contributed by atoms with Gasteiger partial charge in [-0.25, -0.2) is 4.39 Å². The van der Waals surface area contributed by atoms with E-state index in [0.29, 0.717) is 31.4 Å². The molecule has 6 nitrogen and oxygen atoms in total. The molecule has 7 heteroatoms. The zero-order valence-corrected chi connectivity index (χ0v) is 27.7. The van der Waals surface area contributed by atoms with Gasteiger partial charge in [-0.05, 0) is 92.6 Å². The summed E-state index contributed by atoms with van der Waals surface area (Å²) < 4.78 is 28.9. The maximum atomic E-state index is 14.4. The highest BCUT2D eigenvalue weighted by Gasteiger charge is 2.37. The third-order valence-electron chi connectivity index (χ3n) is 8.49. The van der Waals surface area contributed by atoms with Crippen LogP contribution in [0.2, 0.25) is 0 Å². The second kappa shape index (κ2) is 14.1. The maximum absolute atomic E-state index is 14.4. The molecule has 1 fully saturated rings. The Balaban J connectivity index is 1.65. The lowest BCUT2D eigenvalue weighted by Gasteiger charge is -2.41. The average Bonchev–Trinajstić information content (AvgIpc) is 3.36. The molecule has 0 spiro atoms. The van der Waals surface area contributed by atoms with E-state index in [9.17, 15) is 14.0 Å². The lowest BCUT2D eigenvalue weighted by Crippen LogP contribution is -2.45. The fourth-order valence-corrected chi connectivity index (χ4v) is 6.63. The molecule has 1 aliphatic rings. The minimum Gasteiger partial charge on any atom is -0.347 e. The van der Waals surface area contributed by atoms with E-state index in [0.717, 1.165) is 40.2 Å². The van der Waals surface area contributed by atoms with E-state index in [-0.39, 0.29) is 35.6 Å². The van der Waals surface area contributed by atoms with Crippen molar-refractivity contribution >= 4 is 17.4 Å². The minimum atomic E-state index is -0.825. The van der Waals surface area contributed by atoms with E-state index >= 15 is 0 Å². The lowest BCUT2D eigenvalue weighted by atomic mass is 9.94. The first-order valence-electron chi connectivity index (χ1n) is 16.3. The molecule has 1 saturated heterocycles. The van der Waals surface area contributed by atoms with Gasteiger partial charge in [0.25, 0.3) is 5.91 Å². The highest BCUT2D eigenvalue weighted by molar-refractivity contribution is 6.12. The molecule has 4 aromatic rings. The monoisotopic (exact) mass is 624 g/mol. The Hall–Kier alpha value is -4.07. The van der Waals surface area contributed by atoms with Crippen LogP contribution in [0.4, 0.5) is 10.1 Å². The number of ketones is 1. The summed E-state index contributed by atoms with van der Waals surface area (Å²) in [6.45, 7) is 12.2. The maximum Gasteiger partial charge on any atom is 0.258 e. The highest BCUT2D eigenvalue weighted by Crippen LogP contribution is 2.43. The number of benzene rings is 3. The topological polar surface area (TPSA) is 69.6 Å². The smallest absolute Gasteiger partial charge is 0.258 e. The van der Waals surface area contributed by atoms with Crippen LogP contribution < -0.4 is 5.32 Å². The summed E-state index contributed by atoms with van der Waals surface area (Å²) in [5, 5.41) is 3.17. The van der Waals surface area contributed by atoms with Crippen LogP contribution in [0, 0.1) is 5.82 Å². The quantitative estimate of drug-likeness (QED) is 0.181. The van der Waals surface area contributed by atoms with Crippen LogP contribution >= 0.6 is 0 Å². The molecule has 46 heavy (non-hydrogen) atoms. The SMILES string of the molecule is CCc1ccc(NC(=O)c2c(-c3ccccc3)c(-c3ccc(F)cc3)n(CC[C@@H]3C[C@H](CC(C)=O)OC(C)(C)O3)c2C(C)C)cc1. The Kier molecular flexibility index (Phi) is 10.2. The second-order valence-electron chi connectivity index (χ2n) is 13.0. The summed E-state index contributed by atoms with van der Waals surface area (Å²) in [5.41, 5.74) is 6.79. The standard InChI is InChI=1S/C39H45FN2O4/c1-7-27-13-19-31(20-14-27)41-38(44)35-34(28-11-9-8-10-12-28)37(29-15-17-30(40)18-16-29)42(36(35)25(2)3)22-21-32-24-33(23-26(4)43)46-39(5,6)45-32/h8-20,25,32-33H,7,21-24H2,1-6H3,(H,41,44)/t32-,33+/m1/s1. The summed E-state index contributed by atoms with van der Waals surface area (Å²) in [5.74, 6) is -1.28. The molecule has 242 valence electrons. The molecule has 2 atom stereocenters. The van der Waals surface area contributed by atoms with Crippen LogP contribution in [-0.4, -0.2) is 34.3 Å². The Morgan fingerprint density at radius 1 is 0.935 bits per heavy atom. The Labute approximate surface area is 271 Å². The van der Waals surface area contributed by atoms with E-state index in [4.69, 9.17) is 9.47 Å². The summed E-state index contributed by atoms with van der Waals surface area (Å²) in [4.78, 5) is 26.4. The molecule has 0 unspecified atom stereocenters. The fourth-order valence-electron chi connectivity index (χ4n) is 6.63. The number of anilines is 1. The van der Waals surface area contributed by atoms with E-state index in [1.807, 2.05) is 68.4 Å². The number of carbonyl (C=O) groups excluding carboxylic acids is 2. The number of aryl methyl sites for hydroxylation is 1. The first kappa shape index (κ1) is 33.3. The predicted molar refractivity (Wildman–Crippen MR) is 181 cm³/mol. The van der Waals surface area contributed by atoms with Gasteiger partial charge in [-0.15, -0.1) is 0 Å². The van der Waals surface area contributed by atoms with Crippen molar-refractivity contribution in [2.24, 2.45) is 0 Å². The van der Waals surface area contributed by atoms with Gasteiger partial charge < -0.3 is 19.4 Å². The number of nitrogens with one attached hydrogen (secondary N) is 1. The average molecular weight is 625 g/mol. The molecule has 1 aliphatic heterocycles. The van der Waals surface area contributed by atoms with Crippen molar-refractivity contribution in [1.29, 1.82) is 0 Å². The van der Waals surface area contributed by atoms with Gasteiger partial charge in [-0.3, -0.25) is 9.59 Å². The number of rotatable bonds is 11. The normalized spacial score (nSPS) is 17.7. The van der Waals surface area contributed by atoms with E-state index in [1.165, 1.54) is 17.7 Å². The number of ether oxygens (including phenoxy) is 2. The van der Waals surface area contributed by atoms with Gasteiger partial charge in [0.05, 0.1) is 23.5 Å². The summed E-state index contributed by atoms with van der Waals surface area (Å²) in [6.07, 6.45) is 2.10. The molecule has 1 amide bonds. The summed E-state index contributed by atoms with van der Waals surface area (Å²) >= 11 is 0. The van der Waals surface area contributed by atoms with Gasteiger partial charge in [0.1, 0.15) is 11.6 Å². The van der Waals surface area contributed by atoms with Gasteiger partial charge in [0, 0.05) is 36.3 Å². The van der Waals surface area contributed by atoms with Crippen molar-refractivity contribution in [2.45, 2.75) is 97.7 Å². The molecule has 2 heterocycles. The number of Topliss-reactive ketones (excluding diaryl/α,β-unsaturated/α-hetero) is 1. The largest absolute Gasteiger partial charge is 0.347 e. The van der Waals surface area contributed by atoms with E-state index in [2.05, 4.69) is 30.7 Å². The number of nitrogens with zero attached hydrogens (tertiary/aromatic N) is 1. The van der Waals surface area contributed by atoms with Crippen molar-refractivity contribution < 1.29 is 23.5 Å². The second-order valence-corrected chi connectivity index (χ2v) is 13.0. The molecule has 0 radical (unpaired) electrons. The third-order valence-corrected chi connectivity index (χ3v) is 8.49. The number of carbonyl (C=O) groups is 2. The van der Waals surface area contributed by atoms with Crippen LogP contribution in [0.5, 0.6) is 0 Å². The molecular weight excluding hydrogens is 579 g/mol. The molecule has 1 aromatic heterocycles. The Morgan fingerprint density at radius 2 is 1.59 bits per heavy atom. The molecule has 0 aliphatic carbocycles. The third kappa shape index (κ3) is 7.65. The molecular formula is C39H45FN2O4. The van der Waals surface area contributed by atoms with Crippen LogP contribution in [0.3, 0.4) is 0 Å². The number of amides is 1. The van der Waals surface area contributed by atoms with Crippen LogP contribution in [0.15, 0.2) is 78.9 Å². The number of halogens is 1. The van der Waals surface area contributed by atoms with Crippen molar-refractivity contribution in [3.63, 3.8) is 0 Å². The lowest BCUT2D eigenvalue weighted by molar-refractivity contribution is -0.300. The van der Waals surface area contributed by atoms with Crippen molar-refractivity contribution in [3.05, 3.63) is 102 Å².